The van der Waals surface area contributed by atoms with Crippen LogP contribution in [0.5, 0.6) is 0 Å². The second-order valence-corrected chi connectivity index (χ2v) is 8.19. The number of hydrogen-bond acceptors (Lipinski definition) is 5. The number of likely N-dealkylation sites (tertiary alicyclic amines) is 1. The molecule has 4 nitrogen and oxygen atoms in total. The van der Waals surface area contributed by atoms with Gasteiger partial charge in [0.1, 0.15) is 0 Å². The lowest BCUT2D eigenvalue weighted by molar-refractivity contribution is -0.0727. The molecule has 0 radical (unpaired) electrons. The van der Waals surface area contributed by atoms with Gasteiger partial charge in [0.25, 0.3) is 0 Å². The van der Waals surface area contributed by atoms with Crippen LogP contribution in [-0.2, 0) is 11.3 Å². The van der Waals surface area contributed by atoms with Crippen LogP contribution < -0.4 is 0 Å². The summed E-state index contributed by atoms with van der Waals surface area (Å²) >= 11 is 1.76. The molecule has 1 aliphatic carbocycles. The maximum absolute atomic E-state index is 6.11. The minimum absolute atomic E-state index is 0.453. The molecule has 2 atom stereocenters. The standard InChI is InChI=1S/C17H27N3OS/c1-13-18-15(12-22-13)11-19-6-4-16-17(5-7-19)21-9-8-20(16)10-14-2-3-14/h12,14,16-17H,2-11H2,1H3/t16-,17+/m0/s1. The molecule has 122 valence electrons. The molecule has 3 heterocycles. The summed E-state index contributed by atoms with van der Waals surface area (Å²) in [5.41, 5.74) is 1.24. The zero-order valence-electron chi connectivity index (χ0n) is 13.5. The minimum atomic E-state index is 0.453. The number of aryl methyl sites for hydroxylation is 1. The Morgan fingerprint density at radius 3 is 2.86 bits per heavy atom. The van der Waals surface area contributed by atoms with Crippen LogP contribution in [0.15, 0.2) is 5.38 Å². The van der Waals surface area contributed by atoms with E-state index in [4.69, 9.17) is 4.74 Å². The Balaban J connectivity index is 1.37. The second kappa shape index (κ2) is 6.56. The molecular weight excluding hydrogens is 294 g/mol. The Kier molecular flexibility index (Phi) is 4.49. The molecule has 4 rings (SSSR count). The fourth-order valence-corrected chi connectivity index (χ4v) is 4.54. The summed E-state index contributed by atoms with van der Waals surface area (Å²) in [4.78, 5) is 9.94. The lowest BCUT2D eigenvalue weighted by Crippen LogP contribution is -2.51. The van der Waals surface area contributed by atoms with Gasteiger partial charge in [-0.25, -0.2) is 4.98 Å². The van der Waals surface area contributed by atoms with Crippen LogP contribution in [0, 0.1) is 12.8 Å². The Hall–Kier alpha value is -0.490. The van der Waals surface area contributed by atoms with Gasteiger partial charge in [-0.1, -0.05) is 0 Å². The summed E-state index contributed by atoms with van der Waals surface area (Å²) in [6.45, 7) is 8.82. The van der Waals surface area contributed by atoms with Gasteiger partial charge >= 0.3 is 0 Å². The van der Waals surface area contributed by atoms with Gasteiger partial charge in [0, 0.05) is 44.1 Å². The van der Waals surface area contributed by atoms with E-state index in [0.29, 0.717) is 12.1 Å². The van der Waals surface area contributed by atoms with Crippen molar-refractivity contribution >= 4 is 11.3 Å². The summed E-state index contributed by atoms with van der Waals surface area (Å²) in [6.07, 6.45) is 5.78. The van der Waals surface area contributed by atoms with Crippen molar-refractivity contribution in [1.29, 1.82) is 0 Å². The van der Waals surface area contributed by atoms with Crippen molar-refractivity contribution in [3.63, 3.8) is 0 Å². The summed E-state index contributed by atoms with van der Waals surface area (Å²) in [7, 11) is 0. The average molecular weight is 321 g/mol. The zero-order chi connectivity index (χ0) is 14.9. The predicted octanol–water partition coefficient (Wildman–Crippen LogP) is 2.53. The first-order chi connectivity index (χ1) is 10.8. The van der Waals surface area contributed by atoms with Crippen molar-refractivity contribution in [2.75, 3.05) is 32.8 Å². The van der Waals surface area contributed by atoms with Crippen molar-refractivity contribution < 1.29 is 4.74 Å². The third kappa shape index (κ3) is 3.53. The number of fused-ring (bicyclic) bond motifs is 1. The Labute approximate surface area is 137 Å². The number of aromatic nitrogens is 1. The maximum Gasteiger partial charge on any atom is 0.0897 e. The molecule has 1 aromatic rings. The summed E-state index contributed by atoms with van der Waals surface area (Å²) < 4.78 is 6.11. The van der Waals surface area contributed by atoms with Gasteiger partial charge in [-0.15, -0.1) is 11.3 Å². The quantitative estimate of drug-likeness (QED) is 0.852. The van der Waals surface area contributed by atoms with E-state index in [1.807, 2.05) is 0 Å². The molecule has 0 amide bonds. The van der Waals surface area contributed by atoms with Crippen LogP contribution in [0.3, 0.4) is 0 Å². The van der Waals surface area contributed by atoms with E-state index in [1.165, 1.54) is 49.5 Å². The molecule has 0 spiro atoms. The number of rotatable bonds is 4. The van der Waals surface area contributed by atoms with Gasteiger partial charge in [-0.3, -0.25) is 9.80 Å². The van der Waals surface area contributed by atoms with Gasteiger partial charge in [-0.2, -0.15) is 0 Å². The van der Waals surface area contributed by atoms with Crippen molar-refractivity contribution in [2.45, 2.75) is 51.3 Å². The highest BCUT2D eigenvalue weighted by atomic mass is 32.1. The normalized spacial score (nSPS) is 31.0. The van der Waals surface area contributed by atoms with Crippen molar-refractivity contribution in [1.82, 2.24) is 14.8 Å². The lowest BCUT2D eigenvalue weighted by atomic mass is 10.0. The third-order valence-electron chi connectivity index (χ3n) is 5.32. The summed E-state index contributed by atoms with van der Waals surface area (Å²) in [5, 5.41) is 3.39. The molecule has 1 aromatic heterocycles. The molecule has 2 saturated heterocycles. The number of ether oxygens (including phenoxy) is 1. The van der Waals surface area contributed by atoms with E-state index in [9.17, 15) is 0 Å². The van der Waals surface area contributed by atoms with E-state index >= 15 is 0 Å². The van der Waals surface area contributed by atoms with Crippen LogP contribution in [0.25, 0.3) is 0 Å². The van der Waals surface area contributed by atoms with Crippen LogP contribution in [-0.4, -0.2) is 59.7 Å². The first-order valence-electron chi connectivity index (χ1n) is 8.77. The lowest BCUT2D eigenvalue weighted by Gasteiger charge is -2.40. The van der Waals surface area contributed by atoms with E-state index in [1.54, 1.807) is 11.3 Å². The van der Waals surface area contributed by atoms with Crippen molar-refractivity contribution in [2.24, 2.45) is 5.92 Å². The van der Waals surface area contributed by atoms with E-state index < -0.39 is 0 Å². The molecule has 5 heteroatoms. The van der Waals surface area contributed by atoms with Crippen LogP contribution >= 0.6 is 11.3 Å². The predicted molar refractivity (Wildman–Crippen MR) is 89.2 cm³/mol. The first-order valence-corrected chi connectivity index (χ1v) is 9.65. The summed E-state index contributed by atoms with van der Waals surface area (Å²) in [5.74, 6) is 0.982. The summed E-state index contributed by atoms with van der Waals surface area (Å²) in [6, 6.07) is 0.650. The molecule has 22 heavy (non-hydrogen) atoms. The Morgan fingerprint density at radius 2 is 2.09 bits per heavy atom. The highest BCUT2D eigenvalue weighted by molar-refractivity contribution is 7.09. The van der Waals surface area contributed by atoms with Gasteiger partial charge < -0.3 is 4.74 Å². The number of hydrogen-bond donors (Lipinski definition) is 0. The smallest absolute Gasteiger partial charge is 0.0897 e. The van der Waals surface area contributed by atoms with Crippen molar-refractivity contribution in [3.05, 3.63) is 16.1 Å². The van der Waals surface area contributed by atoms with E-state index in [2.05, 4.69) is 27.1 Å². The molecule has 0 aromatic carbocycles. The highest BCUT2D eigenvalue weighted by Crippen LogP contribution is 2.33. The second-order valence-electron chi connectivity index (χ2n) is 7.13. The van der Waals surface area contributed by atoms with E-state index in [-0.39, 0.29) is 0 Å². The molecule has 0 bridgehead atoms. The molecular formula is C17H27N3OS. The molecule has 2 aliphatic heterocycles. The number of nitrogens with zero attached hydrogens (tertiary/aromatic N) is 3. The molecule has 0 N–H and O–H groups in total. The van der Waals surface area contributed by atoms with E-state index in [0.717, 1.165) is 32.2 Å². The SMILES string of the molecule is Cc1nc(CN2CC[C@H]3OCCN(CC4CC4)[C@H]3CC2)cs1. The molecule has 0 unspecified atom stereocenters. The van der Waals surface area contributed by atoms with Crippen LogP contribution in [0.4, 0.5) is 0 Å². The maximum atomic E-state index is 6.11. The minimum Gasteiger partial charge on any atom is -0.375 e. The third-order valence-corrected chi connectivity index (χ3v) is 6.14. The zero-order valence-corrected chi connectivity index (χ0v) is 14.4. The first kappa shape index (κ1) is 15.1. The van der Waals surface area contributed by atoms with Crippen LogP contribution in [0.2, 0.25) is 0 Å². The van der Waals surface area contributed by atoms with Gasteiger partial charge in [-0.05, 0) is 38.5 Å². The molecule has 3 fully saturated rings. The average Bonchev–Trinajstić information content (AvgIpc) is 3.26. The van der Waals surface area contributed by atoms with Gasteiger partial charge in [0.15, 0.2) is 0 Å². The van der Waals surface area contributed by atoms with Crippen molar-refractivity contribution in [3.8, 4) is 0 Å². The number of morpholine rings is 1. The monoisotopic (exact) mass is 321 g/mol. The topological polar surface area (TPSA) is 28.6 Å². The number of thiazole rings is 1. The molecule has 3 aliphatic rings. The Bertz CT molecular complexity index is 502. The largest absolute Gasteiger partial charge is 0.375 e. The fraction of sp³-hybridized carbons (Fsp3) is 0.824. The highest BCUT2D eigenvalue weighted by Gasteiger charge is 2.37. The fourth-order valence-electron chi connectivity index (χ4n) is 3.94. The van der Waals surface area contributed by atoms with Gasteiger partial charge in [0.2, 0.25) is 0 Å². The van der Waals surface area contributed by atoms with Crippen LogP contribution in [0.1, 0.15) is 36.4 Å². The Morgan fingerprint density at radius 1 is 1.23 bits per heavy atom. The van der Waals surface area contributed by atoms with Gasteiger partial charge in [0.05, 0.1) is 23.4 Å². The molecule has 1 saturated carbocycles.